The summed E-state index contributed by atoms with van der Waals surface area (Å²) in [5.41, 5.74) is 14.4. The lowest BCUT2D eigenvalue weighted by Gasteiger charge is -2.27. The quantitative estimate of drug-likeness (QED) is 0.0710. The van der Waals surface area contributed by atoms with Crippen LogP contribution in [0, 0.1) is 0 Å². The summed E-state index contributed by atoms with van der Waals surface area (Å²) in [5.74, 6) is 2.74. The van der Waals surface area contributed by atoms with Crippen molar-refractivity contribution in [2.75, 3.05) is 23.0 Å². The Kier molecular flexibility index (Phi) is 14.5. The summed E-state index contributed by atoms with van der Waals surface area (Å²) in [6, 6.07) is 82.0. The Morgan fingerprint density at radius 2 is 0.646 bits per heavy atom. The minimum absolute atomic E-state index is 0.475. The first-order valence-electron chi connectivity index (χ1n) is 30.1. The summed E-state index contributed by atoms with van der Waals surface area (Å²) in [6.45, 7) is 15.0. The molecule has 0 radical (unpaired) electrons. The summed E-state index contributed by atoms with van der Waals surface area (Å²) in [6.07, 6.45) is 6.44. The van der Waals surface area contributed by atoms with Gasteiger partial charge in [0.15, 0.2) is 0 Å². The summed E-state index contributed by atoms with van der Waals surface area (Å²) in [5, 5.41) is 15.2. The molecule has 0 amide bonds. The van der Waals surface area contributed by atoms with Crippen LogP contribution in [0.1, 0.15) is 103 Å². The molecule has 0 fully saturated rings. The molecule has 4 nitrogen and oxygen atoms in total. The maximum absolute atomic E-state index is 6.22. The molecule has 2 unspecified atom stereocenters. The maximum atomic E-state index is 6.22. The van der Waals surface area contributed by atoms with Gasteiger partial charge in [0.05, 0.1) is 24.6 Å². The molecule has 82 heavy (non-hydrogen) atoms. The smallest absolute Gasteiger partial charge is 0.119 e. The summed E-state index contributed by atoms with van der Waals surface area (Å²) < 4.78 is 12.4. The zero-order chi connectivity index (χ0) is 55.8. The third kappa shape index (κ3) is 9.19. The topological polar surface area (TPSA) is 24.9 Å². The number of benzene rings is 11. The van der Waals surface area contributed by atoms with Crippen LogP contribution in [0.25, 0.3) is 86.9 Å². The van der Waals surface area contributed by atoms with E-state index in [0.29, 0.717) is 25.0 Å². The molecule has 13 rings (SSSR count). The summed E-state index contributed by atoms with van der Waals surface area (Å²) in [4.78, 5) is 4.90. The zero-order valence-corrected chi connectivity index (χ0v) is 48.3. The van der Waals surface area contributed by atoms with E-state index in [-0.39, 0.29) is 0 Å². The lowest BCUT2D eigenvalue weighted by Crippen LogP contribution is -2.11. The minimum atomic E-state index is 0.475. The highest BCUT2D eigenvalue weighted by Gasteiger charge is 2.30. The molecule has 0 heterocycles. The SMILES string of the molecule is CCCCOc1ccc(N(c2ccc(C(C)CC)cc2)c2ccc3c4c(-c5ccccc5)c5c6cccc7c(N(c8ccc(OCCCC)cc8)c8ccc(C(C)CC)cc8)ccc(c5c(-c5ccccc5)c4c4cccc2c43)c76)cc1. The van der Waals surface area contributed by atoms with E-state index in [1.165, 1.54) is 98.0 Å². The van der Waals surface area contributed by atoms with Crippen LogP contribution in [-0.2, 0) is 0 Å². The first-order chi connectivity index (χ1) is 40.4. The lowest BCUT2D eigenvalue weighted by atomic mass is 9.87. The predicted molar refractivity (Wildman–Crippen MR) is 352 cm³/mol. The Balaban J connectivity index is 1.09. The van der Waals surface area contributed by atoms with Crippen LogP contribution in [0.2, 0.25) is 0 Å². The third-order valence-corrected chi connectivity index (χ3v) is 17.6. The number of ether oxygens (including phenoxy) is 2. The highest BCUT2D eigenvalue weighted by Crippen LogP contribution is 2.58. The van der Waals surface area contributed by atoms with Crippen LogP contribution < -0.4 is 19.3 Å². The number of fused-ring (bicyclic) bond motifs is 6. The molecule has 0 aromatic heterocycles. The van der Waals surface area contributed by atoms with E-state index in [2.05, 4.69) is 270 Å². The van der Waals surface area contributed by atoms with Crippen molar-refractivity contribution in [1.29, 1.82) is 0 Å². The Morgan fingerprint density at radius 1 is 0.317 bits per heavy atom. The third-order valence-electron chi connectivity index (χ3n) is 17.6. The first-order valence-corrected chi connectivity index (χ1v) is 30.1. The fourth-order valence-electron chi connectivity index (χ4n) is 12.9. The highest BCUT2D eigenvalue weighted by molar-refractivity contribution is 6.47. The molecular formula is C78H72N2O2. The standard InChI is InChI=1S/C78H72N2O2/c1-7-11-49-81-61-41-37-59(38-42-61)79(57-33-29-53(30-34-57)51(5)9-3)69-47-45-67-73-63(69)25-19-27-65(73)75-71(55-21-15-13-16-22-55)78-68-46-48-70(64-26-20-28-66(74(64)68)76(78)72(77(67)75)56-23-17-14-18-24-56)80(58-35-31-54(32-36-58)52(6)10-4)60-39-43-62(44-40-60)82-50-12-8-2/h13-48,51-52H,7-12,49-50H2,1-6H3. The van der Waals surface area contributed by atoms with Crippen molar-refractivity contribution in [3.05, 3.63) is 230 Å². The van der Waals surface area contributed by atoms with Crippen LogP contribution in [0.3, 0.4) is 0 Å². The number of unbranched alkanes of at least 4 members (excludes halogenated alkanes) is 2. The second-order valence-corrected chi connectivity index (χ2v) is 22.6. The van der Waals surface area contributed by atoms with Crippen LogP contribution in [0.5, 0.6) is 11.5 Å². The highest BCUT2D eigenvalue weighted by atomic mass is 16.5. The van der Waals surface area contributed by atoms with E-state index in [4.69, 9.17) is 9.47 Å². The second-order valence-electron chi connectivity index (χ2n) is 22.6. The van der Waals surface area contributed by atoms with E-state index >= 15 is 0 Å². The van der Waals surface area contributed by atoms with Crippen LogP contribution in [-0.4, -0.2) is 13.2 Å². The van der Waals surface area contributed by atoms with Crippen LogP contribution in [0.15, 0.2) is 218 Å². The predicted octanol–water partition coefficient (Wildman–Crippen LogP) is 23.1. The average Bonchev–Trinajstić information content (AvgIpc) is 1.98. The van der Waals surface area contributed by atoms with Gasteiger partial charge in [-0.2, -0.15) is 0 Å². The van der Waals surface area contributed by atoms with Crippen molar-refractivity contribution >= 4 is 98.8 Å². The zero-order valence-electron chi connectivity index (χ0n) is 48.3. The Hall–Kier alpha value is -8.86. The molecule has 4 heteroatoms. The van der Waals surface area contributed by atoms with Gasteiger partial charge in [0.25, 0.3) is 0 Å². The fraction of sp³-hybridized carbons (Fsp3) is 0.205. The van der Waals surface area contributed by atoms with Gasteiger partial charge in [-0.15, -0.1) is 0 Å². The van der Waals surface area contributed by atoms with E-state index in [9.17, 15) is 0 Å². The number of anilines is 6. The molecule has 13 aromatic rings. The van der Waals surface area contributed by atoms with Crippen molar-refractivity contribution < 1.29 is 9.47 Å². The van der Waals surface area contributed by atoms with Gasteiger partial charge in [-0.05, 0) is 210 Å². The number of rotatable bonds is 20. The molecule has 0 bridgehead atoms. The van der Waals surface area contributed by atoms with Gasteiger partial charge in [0.1, 0.15) is 11.5 Å². The van der Waals surface area contributed by atoms with E-state index in [1.807, 2.05) is 0 Å². The molecule has 406 valence electrons. The number of hydrogen-bond acceptors (Lipinski definition) is 4. The van der Waals surface area contributed by atoms with Gasteiger partial charge >= 0.3 is 0 Å². The van der Waals surface area contributed by atoms with Crippen molar-refractivity contribution in [3.63, 3.8) is 0 Å². The Bertz CT molecular complexity index is 3990. The Labute approximate surface area is 483 Å². The fourth-order valence-corrected chi connectivity index (χ4v) is 12.9. The van der Waals surface area contributed by atoms with E-state index in [0.717, 1.165) is 84.1 Å². The van der Waals surface area contributed by atoms with Crippen molar-refractivity contribution in [1.82, 2.24) is 0 Å². The van der Waals surface area contributed by atoms with Gasteiger partial charge in [0.2, 0.25) is 0 Å². The van der Waals surface area contributed by atoms with E-state index < -0.39 is 0 Å². The summed E-state index contributed by atoms with van der Waals surface area (Å²) >= 11 is 0. The van der Waals surface area contributed by atoms with Gasteiger partial charge in [-0.1, -0.05) is 188 Å². The van der Waals surface area contributed by atoms with Gasteiger partial charge < -0.3 is 19.3 Å². The van der Waals surface area contributed by atoms with E-state index in [1.54, 1.807) is 0 Å². The molecule has 0 aliphatic carbocycles. The van der Waals surface area contributed by atoms with Crippen molar-refractivity contribution in [2.45, 2.75) is 91.9 Å². The first kappa shape index (κ1) is 52.5. The van der Waals surface area contributed by atoms with Gasteiger partial charge in [0, 0.05) is 33.5 Å². The largest absolute Gasteiger partial charge is 0.494 e. The average molecular weight is 1070 g/mol. The van der Waals surface area contributed by atoms with Crippen LogP contribution in [0.4, 0.5) is 34.1 Å². The molecular weight excluding hydrogens is 997 g/mol. The lowest BCUT2D eigenvalue weighted by molar-refractivity contribution is 0.309. The molecule has 0 saturated heterocycles. The molecule has 13 aromatic carbocycles. The second kappa shape index (κ2) is 22.6. The molecule has 2 atom stereocenters. The van der Waals surface area contributed by atoms with Crippen LogP contribution >= 0.6 is 0 Å². The number of nitrogens with zero attached hydrogens (tertiary/aromatic N) is 2. The molecule has 0 N–H and O–H groups in total. The van der Waals surface area contributed by atoms with Crippen molar-refractivity contribution in [3.8, 4) is 33.8 Å². The normalized spacial score (nSPS) is 12.6. The monoisotopic (exact) mass is 1070 g/mol. The molecule has 0 spiro atoms. The Morgan fingerprint density at radius 3 is 0.988 bits per heavy atom. The van der Waals surface area contributed by atoms with Crippen molar-refractivity contribution in [2.24, 2.45) is 0 Å². The van der Waals surface area contributed by atoms with Gasteiger partial charge in [-0.3, -0.25) is 0 Å². The molecule has 0 aliphatic rings. The molecule has 0 saturated carbocycles. The minimum Gasteiger partial charge on any atom is -0.494 e. The number of hydrogen-bond donors (Lipinski definition) is 0. The van der Waals surface area contributed by atoms with Gasteiger partial charge in [-0.25, -0.2) is 0 Å². The molecule has 0 aliphatic heterocycles. The maximum Gasteiger partial charge on any atom is 0.119 e. The summed E-state index contributed by atoms with van der Waals surface area (Å²) in [7, 11) is 0.